The van der Waals surface area contributed by atoms with Gasteiger partial charge in [-0.2, -0.15) is 22.7 Å². The number of ether oxygens (including phenoxy) is 1. The van der Waals surface area contributed by atoms with Crippen LogP contribution >= 0.6 is 11.6 Å². The van der Waals surface area contributed by atoms with Crippen LogP contribution in [0.3, 0.4) is 0 Å². The Balaban J connectivity index is 1.67. The third-order valence-corrected chi connectivity index (χ3v) is 5.80. The first-order chi connectivity index (χ1) is 16.1. The molecule has 1 aliphatic rings. The molecule has 4 rings (SSSR count). The van der Waals surface area contributed by atoms with Gasteiger partial charge in [-0.3, -0.25) is 9.59 Å². The number of benzene rings is 1. The van der Waals surface area contributed by atoms with E-state index in [1.807, 2.05) is 13.0 Å². The van der Waals surface area contributed by atoms with Crippen molar-refractivity contribution in [2.75, 3.05) is 18.5 Å². The number of fused-ring (bicyclic) bond motifs is 1. The number of nitrogens with one attached hydrogen (secondary N) is 1. The standard InChI is InChI=1S/C22H21ClF3N5O3/c1-3-14-9-19(33)31-21(28-20(29-31)13-4-6-34-7-5-13)30(14)11-18(32)27-17-10-16(23)15(8-12(17)2)22(24,25)26/h4,8-10H,3,5-7,11H2,1-2H3,(H,27,32). The number of carbonyl (C=O) groups excluding carboxylic acids is 1. The fraction of sp³-hybridized carbons (Fsp3) is 0.364. The zero-order valence-electron chi connectivity index (χ0n) is 18.4. The Morgan fingerprint density at radius 3 is 2.71 bits per heavy atom. The molecule has 0 aliphatic carbocycles. The van der Waals surface area contributed by atoms with E-state index in [-0.39, 0.29) is 29.1 Å². The summed E-state index contributed by atoms with van der Waals surface area (Å²) in [6.07, 6.45) is -1.71. The average molecular weight is 496 g/mol. The molecule has 180 valence electrons. The van der Waals surface area contributed by atoms with Crippen molar-refractivity contribution in [3.8, 4) is 0 Å². The highest BCUT2D eigenvalue weighted by Crippen LogP contribution is 2.37. The number of hydrogen-bond donors (Lipinski definition) is 1. The lowest BCUT2D eigenvalue weighted by Gasteiger charge is -2.16. The molecular weight excluding hydrogens is 475 g/mol. The Morgan fingerprint density at radius 1 is 1.29 bits per heavy atom. The molecule has 0 radical (unpaired) electrons. The van der Waals surface area contributed by atoms with Gasteiger partial charge in [-0.25, -0.2) is 0 Å². The fourth-order valence-electron chi connectivity index (χ4n) is 3.73. The van der Waals surface area contributed by atoms with Crippen molar-refractivity contribution >= 4 is 34.5 Å². The van der Waals surface area contributed by atoms with Crippen molar-refractivity contribution in [1.82, 2.24) is 19.2 Å². The first-order valence-electron chi connectivity index (χ1n) is 10.5. The highest BCUT2D eigenvalue weighted by Gasteiger charge is 2.33. The van der Waals surface area contributed by atoms with Gasteiger partial charge in [-0.15, -0.1) is 5.10 Å². The van der Waals surface area contributed by atoms with Crippen molar-refractivity contribution in [2.45, 2.75) is 39.4 Å². The summed E-state index contributed by atoms with van der Waals surface area (Å²) in [6, 6.07) is 3.35. The molecule has 12 heteroatoms. The molecule has 0 bridgehead atoms. The summed E-state index contributed by atoms with van der Waals surface area (Å²) >= 11 is 5.80. The predicted octanol–water partition coefficient (Wildman–Crippen LogP) is 3.88. The SMILES string of the molecule is CCc1cc(=O)n2nc(C3=CCOCC3)nc2n1CC(=O)Nc1cc(Cl)c(C(F)(F)F)cc1C. The summed E-state index contributed by atoms with van der Waals surface area (Å²) in [5.74, 6) is 0.0613. The second-order valence-corrected chi connectivity index (χ2v) is 8.22. The Morgan fingerprint density at radius 2 is 2.06 bits per heavy atom. The molecule has 0 saturated carbocycles. The van der Waals surface area contributed by atoms with Crippen molar-refractivity contribution in [3.63, 3.8) is 0 Å². The van der Waals surface area contributed by atoms with Crippen molar-refractivity contribution in [3.05, 3.63) is 62.3 Å². The first-order valence-corrected chi connectivity index (χ1v) is 10.9. The van der Waals surface area contributed by atoms with Crippen LogP contribution in [0.2, 0.25) is 5.02 Å². The molecule has 8 nitrogen and oxygen atoms in total. The third kappa shape index (κ3) is 4.71. The van der Waals surface area contributed by atoms with E-state index in [1.165, 1.54) is 13.0 Å². The van der Waals surface area contributed by atoms with Gasteiger partial charge < -0.3 is 14.6 Å². The topological polar surface area (TPSA) is 90.5 Å². The number of halogens is 4. The van der Waals surface area contributed by atoms with E-state index >= 15 is 0 Å². The maximum Gasteiger partial charge on any atom is 0.417 e. The van der Waals surface area contributed by atoms with E-state index in [4.69, 9.17) is 16.3 Å². The summed E-state index contributed by atoms with van der Waals surface area (Å²) in [7, 11) is 0. The Labute approximate surface area is 197 Å². The second-order valence-electron chi connectivity index (χ2n) is 7.81. The van der Waals surface area contributed by atoms with Crippen LogP contribution in [0, 0.1) is 6.92 Å². The smallest absolute Gasteiger partial charge is 0.377 e. The molecule has 2 aromatic heterocycles. The maximum absolute atomic E-state index is 13.1. The van der Waals surface area contributed by atoms with Gasteiger partial charge >= 0.3 is 6.18 Å². The quantitative estimate of drug-likeness (QED) is 0.580. The molecule has 1 aromatic carbocycles. The zero-order valence-corrected chi connectivity index (χ0v) is 19.1. The minimum absolute atomic E-state index is 0.160. The highest BCUT2D eigenvalue weighted by molar-refractivity contribution is 6.31. The van der Waals surface area contributed by atoms with Crippen LogP contribution in [0.1, 0.15) is 36.0 Å². The maximum atomic E-state index is 13.1. The largest absolute Gasteiger partial charge is 0.417 e. The van der Waals surface area contributed by atoms with E-state index in [1.54, 1.807) is 4.57 Å². The fourth-order valence-corrected chi connectivity index (χ4v) is 4.01. The first kappa shape index (κ1) is 24.0. The van der Waals surface area contributed by atoms with Crippen LogP contribution in [-0.2, 0) is 28.7 Å². The molecular formula is C22H21ClF3N5O3. The minimum atomic E-state index is -4.60. The van der Waals surface area contributed by atoms with E-state index in [0.717, 1.165) is 22.2 Å². The number of nitrogens with zero attached hydrogens (tertiary/aromatic N) is 4. The van der Waals surface area contributed by atoms with Gasteiger partial charge in [0.25, 0.3) is 5.56 Å². The number of amides is 1. The third-order valence-electron chi connectivity index (χ3n) is 5.49. The number of alkyl halides is 3. The molecule has 0 spiro atoms. The van der Waals surface area contributed by atoms with Crippen LogP contribution in [0.25, 0.3) is 11.4 Å². The van der Waals surface area contributed by atoms with E-state index in [9.17, 15) is 22.8 Å². The summed E-state index contributed by atoms with van der Waals surface area (Å²) < 4.78 is 47.3. The van der Waals surface area contributed by atoms with Gasteiger partial charge in [0.15, 0.2) is 5.82 Å². The van der Waals surface area contributed by atoms with Gasteiger partial charge in [0.05, 0.1) is 23.8 Å². The lowest BCUT2D eigenvalue weighted by atomic mass is 10.1. The van der Waals surface area contributed by atoms with Crippen LogP contribution in [0.4, 0.5) is 18.9 Å². The summed E-state index contributed by atoms with van der Waals surface area (Å²) in [6.45, 7) is 3.99. The molecule has 3 heterocycles. The lowest BCUT2D eigenvalue weighted by Crippen LogP contribution is -2.26. The minimum Gasteiger partial charge on any atom is -0.377 e. The van der Waals surface area contributed by atoms with Crippen LogP contribution in [0.5, 0.6) is 0 Å². The molecule has 0 saturated heterocycles. The zero-order chi connectivity index (χ0) is 24.6. The van der Waals surface area contributed by atoms with E-state index < -0.39 is 22.7 Å². The van der Waals surface area contributed by atoms with Crippen LogP contribution in [0.15, 0.2) is 29.1 Å². The van der Waals surface area contributed by atoms with Gasteiger partial charge in [0, 0.05) is 17.4 Å². The van der Waals surface area contributed by atoms with Crippen molar-refractivity contribution in [2.24, 2.45) is 0 Å². The van der Waals surface area contributed by atoms with E-state index in [2.05, 4.69) is 15.4 Å². The highest BCUT2D eigenvalue weighted by atomic mass is 35.5. The Bertz CT molecular complexity index is 1360. The van der Waals surface area contributed by atoms with E-state index in [0.29, 0.717) is 37.6 Å². The monoisotopic (exact) mass is 495 g/mol. The molecule has 0 unspecified atom stereocenters. The summed E-state index contributed by atoms with van der Waals surface area (Å²) in [5, 5.41) is 6.40. The van der Waals surface area contributed by atoms with Crippen molar-refractivity contribution in [1.29, 1.82) is 0 Å². The molecule has 0 atom stereocenters. The normalized spacial score (nSPS) is 14.4. The molecule has 1 amide bonds. The van der Waals surface area contributed by atoms with Gasteiger partial charge in [-0.1, -0.05) is 24.6 Å². The van der Waals surface area contributed by atoms with Gasteiger partial charge in [-0.05, 0) is 43.0 Å². The molecule has 0 fully saturated rings. The number of carbonyl (C=O) groups is 1. The van der Waals surface area contributed by atoms with Crippen molar-refractivity contribution < 1.29 is 22.7 Å². The predicted molar refractivity (Wildman–Crippen MR) is 120 cm³/mol. The Hall–Kier alpha value is -3.18. The number of aryl methyl sites for hydroxylation is 2. The molecule has 34 heavy (non-hydrogen) atoms. The number of aromatic nitrogens is 4. The lowest BCUT2D eigenvalue weighted by molar-refractivity contribution is -0.137. The molecule has 3 aromatic rings. The van der Waals surface area contributed by atoms with Crippen LogP contribution < -0.4 is 10.9 Å². The average Bonchev–Trinajstić information content (AvgIpc) is 3.24. The van der Waals surface area contributed by atoms with Gasteiger partial charge in [0.2, 0.25) is 11.7 Å². The summed E-state index contributed by atoms with van der Waals surface area (Å²) in [4.78, 5) is 29.9. The second kappa shape index (κ2) is 9.22. The number of anilines is 1. The number of rotatable bonds is 5. The summed E-state index contributed by atoms with van der Waals surface area (Å²) in [5.41, 5.74) is 0.432. The van der Waals surface area contributed by atoms with Crippen LogP contribution in [-0.4, -0.2) is 38.3 Å². The van der Waals surface area contributed by atoms with Gasteiger partial charge in [0.1, 0.15) is 6.54 Å². The molecule has 1 aliphatic heterocycles. The Kier molecular flexibility index (Phi) is 6.50. The number of hydrogen-bond acceptors (Lipinski definition) is 5. The molecule has 1 N–H and O–H groups in total.